The Morgan fingerprint density at radius 1 is 0.868 bits per heavy atom. The summed E-state index contributed by atoms with van der Waals surface area (Å²) >= 11 is 0. The van der Waals surface area contributed by atoms with Gasteiger partial charge in [0, 0.05) is 29.6 Å². The van der Waals surface area contributed by atoms with Crippen molar-refractivity contribution in [3.8, 4) is 11.5 Å². The average Bonchev–Trinajstić information content (AvgIpc) is 2.80. The predicted octanol–water partition coefficient (Wildman–Crippen LogP) is 7.54. The van der Waals surface area contributed by atoms with Gasteiger partial charge in [-0.05, 0) is 43.3 Å². The van der Waals surface area contributed by atoms with Crippen LogP contribution in [0.1, 0.15) is 29.8 Å². The summed E-state index contributed by atoms with van der Waals surface area (Å²) in [6, 6.07) is 6.44. The molecule has 1 unspecified atom stereocenters. The summed E-state index contributed by atoms with van der Waals surface area (Å²) in [5.41, 5.74) is -3.27. The Labute approximate surface area is 209 Å². The number of nitrogens with zero attached hydrogens (tertiary/aromatic N) is 2. The molecule has 1 heterocycles. The number of pyridine rings is 1. The topological polar surface area (TPSA) is 45.6 Å². The molecule has 0 bridgehead atoms. The van der Waals surface area contributed by atoms with Crippen LogP contribution in [0.4, 0.5) is 49.6 Å². The molecule has 3 rings (SSSR count). The maximum absolute atomic E-state index is 14.6. The van der Waals surface area contributed by atoms with Crippen molar-refractivity contribution in [1.82, 2.24) is 4.98 Å². The van der Waals surface area contributed by atoms with E-state index in [0.29, 0.717) is 24.3 Å². The van der Waals surface area contributed by atoms with Crippen molar-refractivity contribution in [3.05, 3.63) is 83.4 Å². The fourth-order valence-corrected chi connectivity index (χ4v) is 3.48. The number of benzene rings is 2. The fraction of sp³-hybridized carbons (Fsp3) is 0.292. The molecule has 0 fully saturated rings. The van der Waals surface area contributed by atoms with Crippen LogP contribution in [-0.4, -0.2) is 28.9 Å². The highest BCUT2D eigenvalue weighted by Gasteiger charge is 2.41. The van der Waals surface area contributed by atoms with Crippen LogP contribution >= 0.6 is 0 Å². The first-order chi connectivity index (χ1) is 17.5. The highest BCUT2D eigenvalue weighted by atomic mass is 19.4. The van der Waals surface area contributed by atoms with Gasteiger partial charge in [0.1, 0.15) is 23.0 Å². The van der Waals surface area contributed by atoms with E-state index in [2.05, 4.69) is 4.98 Å². The van der Waals surface area contributed by atoms with Crippen molar-refractivity contribution >= 4 is 5.69 Å². The third-order valence-electron chi connectivity index (χ3n) is 5.40. The standard InChI is InChI=1S/C24H18F10N2O2/c1-13(18-9-14(22(26,27)28)5-6-19(18)25)36(12-21(37)24(32,33)34)15-3-2-4-16(10-15)38-17-7-8-35-20(11-17)23(29,30)31/h2-11,13,21,37H,12H2,1H3/t13?,21-/m1/s1. The summed E-state index contributed by atoms with van der Waals surface area (Å²) in [6.07, 6.45) is -16.9. The normalized spacial score (nSPS) is 14.2. The van der Waals surface area contributed by atoms with E-state index in [0.717, 1.165) is 30.2 Å². The van der Waals surface area contributed by atoms with Crippen LogP contribution in [0.2, 0.25) is 0 Å². The van der Waals surface area contributed by atoms with Gasteiger partial charge in [0.2, 0.25) is 0 Å². The molecular formula is C24H18F10N2O2. The molecule has 1 aromatic heterocycles. The molecule has 0 aliphatic carbocycles. The van der Waals surface area contributed by atoms with Crippen LogP contribution in [0.5, 0.6) is 11.5 Å². The molecule has 1 N–H and O–H groups in total. The Morgan fingerprint density at radius 3 is 2.13 bits per heavy atom. The molecule has 0 amide bonds. The zero-order chi connectivity index (χ0) is 28.5. The number of hydrogen-bond donors (Lipinski definition) is 1. The molecule has 3 aromatic rings. The first-order valence-corrected chi connectivity index (χ1v) is 10.7. The van der Waals surface area contributed by atoms with Crippen LogP contribution in [0.3, 0.4) is 0 Å². The van der Waals surface area contributed by atoms with Gasteiger partial charge in [-0.3, -0.25) is 4.98 Å². The maximum Gasteiger partial charge on any atom is 0.433 e. The Morgan fingerprint density at radius 2 is 1.53 bits per heavy atom. The molecule has 14 heteroatoms. The number of hydrogen-bond acceptors (Lipinski definition) is 4. The third kappa shape index (κ3) is 7.05. The summed E-state index contributed by atoms with van der Waals surface area (Å²) in [4.78, 5) is 3.98. The molecular weight excluding hydrogens is 538 g/mol. The van der Waals surface area contributed by atoms with Crippen LogP contribution < -0.4 is 9.64 Å². The van der Waals surface area contributed by atoms with Gasteiger partial charge in [0.05, 0.1) is 18.2 Å². The highest BCUT2D eigenvalue weighted by molar-refractivity contribution is 5.54. The Balaban J connectivity index is 2.02. The second kappa shape index (κ2) is 10.7. The first-order valence-electron chi connectivity index (χ1n) is 10.7. The van der Waals surface area contributed by atoms with Gasteiger partial charge >= 0.3 is 18.5 Å². The number of ether oxygens (including phenoxy) is 1. The van der Waals surface area contributed by atoms with Gasteiger partial charge in [-0.15, -0.1) is 0 Å². The lowest BCUT2D eigenvalue weighted by Gasteiger charge is -2.34. The van der Waals surface area contributed by atoms with Crippen LogP contribution in [-0.2, 0) is 12.4 Å². The summed E-state index contributed by atoms with van der Waals surface area (Å²) in [7, 11) is 0. The van der Waals surface area contributed by atoms with E-state index in [1.807, 2.05) is 0 Å². The van der Waals surface area contributed by atoms with Gasteiger partial charge in [-0.25, -0.2) is 4.39 Å². The van der Waals surface area contributed by atoms with Gasteiger partial charge < -0.3 is 14.7 Å². The van der Waals surface area contributed by atoms with E-state index in [-0.39, 0.29) is 17.2 Å². The lowest BCUT2D eigenvalue weighted by Crippen LogP contribution is -2.42. The van der Waals surface area contributed by atoms with E-state index < -0.39 is 59.9 Å². The zero-order valence-corrected chi connectivity index (χ0v) is 19.2. The number of aliphatic hydroxyl groups excluding tert-OH is 1. The molecule has 0 spiro atoms. The SMILES string of the molecule is CC(c1cc(C(F)(F)F)ccc1F)N(C[C@@H](O)C(F)(F)F)c1cccc(Oc2ccnc(C(F)(F)F)c2)c1. The van der Waals surface area contributed by atoms with Crippen LogP contribution in [0, 0.1) is 5.82 Å². The Hall–Kier alpha value is -3.55. The quantitative estimate of drug-likeness (QED) is 0.306. The Kier molecular flexibility index (Phi) is 8.15. The molecule has 206 valence electrons. The average molecular weight is 556 g/mol. The van der Waals surface area contributed by atoms with Crippen molar-refractivity contribution in [1.29, 1.82) is 0 Å². The monoisotopic (exact) mass is 556 g/mol. The first kappa shape index (κ1) is 29.0. The van der Waals surface area contributed by atoms with Crippen molar-refractivity contribution in [2.45, 2.75) is 37.6 Å². The van der Waals surface area contributed by atoms with E-state index >= 15 is 0 Å². The molecule has 0 aliphatic heterocycles. The Bertz CT molecular complexity index is 1260. The lowest BCUT2D eigenvalue weighted by molar-refractivity contribution is -0.200. The van der Waals surface area contributed by atoms with Gasteiger partial charge in [-0.1, -0.05) is 6.07 Å². The smallest absolute Gasteiger partial charge is 0.433 e. The van der Waals surface area contributed by atoms with Gasteiger partial charge in [-0.2, -0.15) is 39.5 Å². The van der Waals surface area contributed by atoms with Crippen molar-refractivity contribution in [2.75, 3.05) is 11.4 Å². The largest absolute Gasteiger partial charge is 0.457 e. The van der Waals surface area contributed by atoms with E-state index in [4.69, 9.17) is 4.74 Å². The van der Waals surface area contributed by atoms with Gasteiger partial charge in [0.15, 0.2) is 6.10 Å². The summed E-state index contributed by atoms with van der Waals surface area (Å²) in [5, 5.41) is 9.69. The van der Waals surface area contributed by atoms with E-state index in [1.54, 1.807) is 0 Å². The molecule has 0 aliphatic rings. The molecule has 2 atom stereocenters. The van der Waals surface area contributed by atoms with E-state index in [1.165, 1.54) is 18.2 Å². The number of halogens is 10. The number of anilines is 1. The van der Waals surface area contributed by atoms with E-state index in [9.17, 15) is 49.0 Å². The van der Waals surface area contributed by atoms with Crippen LogP contribution in [0.15, 0.2) is 60.8 Å². The molecule has 0 saturated heterocycles. The second-order valence-electron chi connectivity index (χ2n) is 8.09. The third-order valence-corrected chi connectivity index (χ3v) is 5.40. The number of alkyl halides is 9. The molecule has 4 nitrogen and oxygen atoms in total. The lowest BCUT2D eigenvalue weighted by atomic mass is 10.0. The number of rotatable bonds is 7. The van der Waals surface area contributed by atoms with Gasteiger partial charge in [0.25, 0.3) is 0 Å². The number of aliphatic hydroxyl groups is 1. The zero-order valence-electron chi connectivity index (χ0n) is 19.2. The molecule has 2 aromatic carbocycles. The minimum atomic E-state index is -5.12. The van der Waals surface area contributed by atoms with Crippen LogP contribution in [0.25, 0.3) is 0 Å². The summed E-state index contributed by atoms with van der Waals surface area (Å²) in [6.45, 7) is -0.0784. The number of aromatic nitrogens is 1. The maximum atomic E-state index is 14.6. The highest BCUT2D eigenvalue weighted by Crippen LogP contribution is 2.37. The summed E-state index contributed by atoms with van der Waals surface area (Å²) < 4.78 is 138. The van der Waals surface area contributed by atoms with Crippen molar-refractivity contribution in [3.63, 3.8) is 0 Å². The predicted molar refractivity (Wildman–Crippen MR) is 115 cm³/mol. The van der Waals surface area contributed by atoms with Crippen molar-refractivity contribution < 1.29 is 53.7 Å². The molecule has 0 saturated carbocycles. The molecule has 0 radical (unpaired) electrons. The minimum absolute atomic E-state index is 0.153. The minimum Gasteiger partial charge on any atom is -0.457 e. The van der Waals surface area contributed by atoms with Crippen molar-refractivity contribution in [2.24, 2.45) is 0 Å². The second-order valence-corrected chi connectivity index (χ2v) is 8.09. The summed E-state index contributed by atoms with van der Waals surface area (Å²) in [5.74, 6) is -1.62. The molecule has 38 heavy (non-hydrogen) atoms. The fourth-order valence-electron chi connectivity index (χ4n) is 3.48.